The highest BCUT2D eigenvalue weighted by Gasteiger charge is 2.80. The van der Waals surface area contributed by atoms with Crippen LogP contribution in [0.2, 0.25) is 0 Å². The molecular formula is C34H49N3O6. The topological polar surface area (TPSA) is 99.6 Å². The van der Waals surface area contributed by atoms with Crippen LogP contribution in [-0.2, 0) is 23.9 Å². The Kier molecular flexibility index (Phi) is 10.4. The first-order valence-corrected chi connectivity index (χ1v) is 15.8. The monoisotopic (exact) mass is 595 g/mol. The molecule has 3 fully saturated rings. The SMILES string of the molecule is C=CCOC(=O)[C@H]1[C@H]2C(=O)N(CCCCCCO)C(C(=O)N(CC=C)c3ccc(N(CC)CC)cc3)C23CC(C)[C@]1(C)O3. The number of carbonyl (C=O) groups excluding carboxylic acids is 3. The second-order valence-corrected chi connectivity index (χ2v) is 12.2. The zero-order chi connectivity index (χ0) is 31.4. The lowest BCUT2D eigenvalue weighted by Gasteiger charge is -2.37. The third-order valence-electron chi connectivity index (χ3n) is 9.82. The quantitative estimate of drug-likeness (QED) is 0.172. The van der Waals surface area contributed by atoms with Gasteiger partial charge in [-0.15, -0.1) is 6.58 Å². The Balaban J connectivity index is 1.74. The molecule has 0 aromatic heterocycles. The van der Waals surface area contributed by atoms with Crippen molar-refractivity contribution in [2.45, 2.75) is 77.0 Å². The summed E-state index contributed by atoms with van der Waals surface area (Å²) in [5.74, 6) is -2.66. The summed E-state index contributed by atoms with van der Waals surface area (Å²) in [4.78, 5) is 48.2. The molecule has 3 heterocycles. The fraction of sp³-hybridized carbons (Fsp3) is 0.618. The van der Waals surface area contributed by atoms with Gasteiger partial charge in [0, 0.05) is 44.2 Å². The molecule has 3 aliphatic heterocycles. The number of aliphatic hydroxyl groups is 1. The van der Waals surface area contributed by atoms with Crippen LogP contribution in [0.1, 0.15) is 59.8 Å². The van der Waals surface area contributed by atoms with Crippen molar-refractivity contribution in [2.24, 2.45) is 17.8 Å². The Morgan fingerprint density at radius 3 is 2.35 bits per heavy atom. The molecule has 9 nitrogen and oxygen atoms in total. The summed E-state index contributed by atoms with van der Waals surface area (Å²) in [5, 5.41) is 9.21. The molecule has 3 aliphatic rings. The molecule has 1 aromatic rings. The molecule has 0 saturated carbocycles. The number of unbranched alkanes of at least 4 members (excludes halogenated alkanes) is 3. The molecule has 1 spiro atoms. The smallest absolute Gasteiger partial charge is 0.313 e. The molecule has 4 rings (SSSR count). The maximum absolute atomic E-state index is 14.8. The van der Waals surface area contributed by atoms with Crippen molar-refractivity contribution in [2.75, 3.05) is 49.2 Å². The fourth-order valence-corrected chi connectivity index (χ4v) is 7.63. The van der Waals surface area contributed by atoms with Gasteiger partial charge in [0.15, 0.2) is 0 Å². The number of anilines is 2. The molecule has 6 atom stereocenters. The average Bonchev–Trinajstić information content (AvgIpc) is 3.51. The predicted octanol–water partition coefficient (Wildman–Crippen LogP) is 4.34. The Labute approximate surface area is 256 Å². The van der Waals surface area contributed by atoms with E-state index in [0.29, 0.717) is 31.5 Å². The molecule has 2 amide bonds. The van der Waals surface area contributed by atoms with Gasteiger partial charge in [-0.05, 0) is 70.2 Å². The van der Waals surface area contributed by atoms with Crippen LogP contribution >= 0.6 is 0 Å². The minimum absolute atomic E-state index is 0.0429. The summed E-state index contributed by atoms with van der Waals surface area (Å²) >= 11 is 0. The lowest BCUT2D eigenvalue weighted by Crippen LogP contribution is -2.57. The Bertz CT molecular complexity index is 1180. The number of aliphatic hydroxyl groups excluding tert-OH is 1. The van der Waals surface area contributed by atoms with E-state index in [1.54, 1.807) is 15.9 Å². The van der Waals surface area contributed by atoms with Gasteiger partial charge in [0.1, 0.15) is 24.2 Å². The Morgan fingerprint density at radius 1 is 1.09 bits per heavy atom. The van der Waals surface area contributed by atoms with Gasteiger partial charge in [0.25, 0.3) is 5.91 Å². The summed E-state index contributed by atoms with van der Waals surface area (Å²) in [5.41, 5.74) is -0.297. The average molecular weight is 596 g/mol. The molecular weight excluding hydrogens is 546 g/mol. The van der Waals surface area contributed by atoms with E-state index < -0.39 is 35.0 Å². The van der Waals surface area contributed by atoms with Crippen molar-refractivity contribution in [1.29, 1.82) is 0 Å². The van der Waals surface area contributed by atoms with Gasteiger partial charge in [-0.1, -0.05) is 38.5 Å². The van der Waals surface area contributed by atoms with E-state index in [4.69, 9.17) is 9.47 Å². The van der Waals surface area contributed by atoms with E-state index in [1.165, 1.54) is 6.08 Å². The summed E-state index contributed by atoms with van der Waals surface area (Å²) in [6.07, 6.45) is 6.69. The Hall–Kier alpha value is -3.17. The lowest BCUT2D eigenvalue weighted by molar-refractivity contribution is -0.160. The van der Waals surface area contributed by atoms with Gasteiger partial charge in [0.2, 0.25) is 5.91 Å². The highest BCUT2D eigenvalue weighted by atomic mass is 16.6. The maximum atomic E-state index is 14.8. The molecule has 236 valence electrons. The maximum Gasteiger partial charge on any atom is 0.313 e. The Morgan fingerprint density at radius 2 is 1.74 bits per heavy atom. The van der Waals surface area contributed by atoms with E-state index in [0.717, 1.165) is 31.6 Å². The van der Waals surface area contributed by atoms with Crippen LogP contribution in [0.15, 0.2) is 49.6 Å². The first kappa shape index (κ1) is 32.7. The van der Waals surface area contributed by atoms with Crippen LogP contribution in [0, 0.1) is 17.8 Å². The second-order valence-electron chi connectivity index (χ2n) is 12.2. The van der Waals surface area contributed by atoms with E-state index in [9.17, 15) is 19.5 Å². The standard InChI is InChI=1S/C34H49N3O6/c1-7-19-36(26-17-15-25(16-18-26)35(9-3)10-4)31(40)29-34-23-24(5)33(6,43-34)28(32(41)42-22-8-2)27(34)30(39)37(29)20-13-11-12-14-21-38/h7-8,15-18,24,27-29,38H,1-2,9-14,19-23H2,3-6H3/t24?,27-,28+,29?,33-,34?/m0/s1. The van der Waals surface area contributed by atoms with E-state index in [2.05, 4.69) is 31.9 Å². The highest BCUT2D eigenvalue weighted by molar-refractivity contribution is 6.05. The fourth-order valence-electron chi connectivity index (χ4n) is 7.63. The number of nitrogens with zero attached hydrogens (tertiary/aromatic N) is 3. The van der Waals surface area contributed by atoms with Gasteiger partial charge >= 0.3 is 5.97 Å². The molecule has 0 radical (unpaired) electrons. The number of esters is 1. The van der Waals surface area contributed by atoms with Crippen molar-refractivity contribution in [3.63, 3.8) is 0 Å². The van der Waals surface area contributed by atoms with Crippen molar-refractivity contribution in [1.82, 2.24) is 4.90 Å². The minimum atomic E-state index is -1.15. The van der Waals surface area contributed by atoms with E-state index in [-0.39, 0.29) is 37.5 Å². The summed E-state index contributed by atoms with van der Waals surface area (Å²) in [7, 11) is 0. The number of fused-ring (bicyclic) bond motifs is 1. The number of rotatable bonds is 16. The molecule has 9 heteroatoms. The van der Waals surface area contributed by atoms with Crippen LogP contribution in [-0.4, -0.2) is 84.4 Å². The number of amides is 2. The third-order valence-corrected chi connectivity index (χ3v) is 9.82. The number of carbonyl (C=O) groups is 3. The van der Waals surface area contributed by atoms with Crippen LogP contribution in [0.3, 0.4) is 0 Å². The highest BCUT2D eigenvalue weighted by Crippen LogP contribution is 2.65. The predicted molar refractivity (Wildman–Crippen MR) is 168 cm³/mol. The first-order valence-electron chi connectivity index (χ1n) is 15.8. The summed E-state index contributed by atoms with van der Waals surface area (Å²) in [6.45, 7) is 18.2. The van der Waals surface area contributed by atoms with Gasteiger partial charge in [0.05, 0.1) is 11.5 Å². The first-order chi connectivity index (χ1) is 20.6. The van der Waals surface area contributed by atoms with Crippen molar-refractivity contribution < 1.29 is 29.0 Å². The van der Waals surface area contributed by atoms with Gasteiger partial charge in [-0.3, -0.25) is 14.4 Å². The van der Waals surface area contributed by atoms with E-state index in [1.807, 2.05) is 38.1 Å². The largest absolute Gasteiger partial charge is 0.461 e. The van der Waals surface area contributed by atoms with Crippen molar-refractivity contribution in [3.05, 3.63) is 49.6 Å². The normalized spacial score (nSPS) is 29.0. The summed E-state index contributed by atoms with van der Waals surface area (Å²) in [6, 6.07) is 7.00. The van der Waals surface area contributed by atoms with Gasteiger partial charge in [-0.2, -0.15) is 0 Å². The second kappa shape index (κ2) is 13.6. The van der Waals surface area contributed by atoms with Crippen molar-refractivity contribution in [3.8, 4) is 0 Å². The number of likely N-dealkylation sites (tertiary alicyclic amines) is 1. The van der Waals surface area contributed by atoms with Crippen LogP contribution < -0.4 is 9.80 Å². The number of ether oxygens (including phenoxy) is 2. The lowest BCUT2D eigenvalue weighted by atomic mass is 9.62. The number of hydrogen-bond donors (Lipinski definition) is 1. The molecule has 1 aromatic carbocycles. The van der Waals surface area contributed by atoms with Crippen LogP contribution in [0.4, 0.5) is 11.4 Å². The molecule has 1 N–H and O–H groups in total. The van der Waals surface area contributed by atoms with Crippen molar-refractivity contribution >= 4 is 29.2 Å². The zero-order valence-corrected chi connectivity index (χ0v) is 26.3. The van der Waals surface area contributed by atoms with Crippen LogP contribution in [0.5, 0.6) is 0 Å². The number of benzene rings is 1. The van der Waals surface area contributed by atoms with Gasteiger partial charge < -0.3 is 29.3 Å². The summed E-state index contributed by atoms with van der Waals surface area (Å²) < 4.78 is 12.3. The molecule has 2 bridgehead atoms. The van der Waals surface area contributed by atoms with Gasteiger partial charge in [-0.25, -0.2) is 0 Å². The molecule has 3 unspecified atom stereocenters. The molecule has 43 heavy (non-hydrogen) atoms. The molecule has 0 aliphatic carbocycles. The molecule has 3 saturated heterocycles. The minimum Gasteiger partial charge on any atom is -0.461 e. The van der Waals surface area contributed by atoms with E-state index >= 15 is 0 Å². The third kappa shape index (κ3) is 5.74. The van der Waals surface area contributed by atoms with Crippen LogP contribution in [0.25, 0.3) is 0 Å². The number of hydrogen-bond acceptors (Lipinski definition) is 7. The zero-order valence-electron chi connectivity index (χ0n) is 26.3.